The monoisotopic (exact) mass is 527 g/mol. The van der Waals surface area contributed by atoms with Crippen LogP contribution in [0.1, 0.15) is 32.8 Å². The van der Waals surface area contributed by atoms with Gasteiger partial charge >= 0.3 is 0 Å². The number of halogens is 2. The van der Waals surface area contributed by atoms with Crippen LogP contribution in [0.25, 0.3) is 0 Å². The largest absolute Gasteiger partial charge is 0.497 e. The standard InChI is InChI=1S/C24H31ClFN3O5S/c1-6-16(2)27-24(31)17(3)28(14-18-8-7-9-20(12-18)34-4)23(30)15-29(35(5,32)33)19-10-11-22(26)21(25)13-19/h7-13,16-17H,6,14-15H2,1-5H3,(H,27,31)/t16-,17-/m0/s1. The van der Waals surface area contributed by atoms with E-state index < -0.39 is 34.3 Å². The quantitative estimate of drug-likeness (QED) is 0.482. The van der Waals surface area contributed by atoms with Gasteiger partial charge in [0.25, 0.3) is 0 Å². The number of nitrogens with zero attached hydrogens (tertiary/aromatic N) is 2. The normalized spacial score (nSPS) is 13.0. The molecule has 0 unspecified atom stereocenters. The van der Waals surface area contributed by atoms with Crippen LogP contribution in [0.2, 0.25) is 5.02 Å². The van der Waals surface area contributed by atoms with Crippen LogP contribution in [0, 0.1) is 5.82 Å². The number of rotatable bonds is 11. The Bertz CT molecular complexity index is 1160. The summed E-state index contributed by atoms with van der Waals surface area (Å²) in [7, 11) is -2.43. The van der Waals surface area contributed by atoms with Crippen molar-refractivity contribution in [1.29, 1.82) is 0 Å². The molecule has 0 spiro atoms. The molecule has 0 aliphatic heterocycles. The first kappa shape index (κ1) is 28.4. The predicted octanol–water partition coefficient (Wildman–Crippen LogP) is 3.59. The number of ether oxygens (including phenoxy) is 1. The first-order valence-electron chi connectivity index (χ1n) is 11.0. The van der Waals surface area contributed by atoms with Crippen molar-refractivity contribution >= 4 is 39.1 Å². The smallest absolute Gasteiger partial charge is 0.244 e. The Kier molecular flexibility index (Phi) is 9.91. The van der Waals surface area contributed by atoms with Gasteiger partial charge in [-0.05, 0) is 56.2 Å². The Labute approximate surface area is 211 Å². The Morgan fingerprint density at radius 1 is 1.17 bits per heavy atom. The van der Waals surface area contributed by atoms with Crippen LogP contribution in [0.5, 0.6) is 5.75 Å². The van der Waals surface area contributed by atoms with E-state index >= 15 is 0 Å². The van der Waals surface area contributed by atoms with Gasteiger partial charge in [-0.3, -0.25) is 13.9 Å². The maximum Gasteiger partial charge on any atom is 0.244 e. The lowest BCUT2D eigenvalue weighted by molar-refractivity contribution is -0.139. The van der Waals surface area contributed by atoms with E-state index in [2.05, 4.69) is 5.32 Å². The molecule has 192 valence electrons. The molecule has 0 saturated heterocycles. The number of nitrogens with one attached hydrogen (secondary N) is 1. The first-order chi connectivity index (χ1) is 16.4. The number of hydrogen-bond donors (Lipinski definition) is 1. The Morgan fingerprint density at radius 2 is 1.86 bits per heavy atom. The summed E-state index contributed by atoms with van der Waals surface area (Å²) in [6, 6.07) is 9.38. The van der Waals surface area contributed by atoms with Gasteiger partial charge in [0, 0.05) is 12.6 Å². The summed E-state index contributed by atoms with van der Waals surface area (Å²) in [6.07, 6.45) is 1.64. The van der Waals surface area contributed by atoms with Gasteiger partial charge in [0.1, 0.15) is 24.2 Å². The average molecular weight is 528 g/mol. The molecule has 35 heavy (non-hydrogen) atoms. The van der Waals surface area contributed by atoms with Gasteiger partial charge in [0.15, 0.2) is 0 Å². The van der Waals surface area contributed by atoms with Crippen LogP contribution in [0.4, 0.5) is 10.1 Å². The van der Waals surface area contributed by atoms with E-state index in [-0.39, 0.29) is 29.2 Å². The lowest BCUT2D eigenvalue weighted by atomic mass is 10.1. The predicted molar refractivity (Wildman–Crippen MR) is 135 cm³/mol. The van der Waals surface area contributed by atoms with E-state index in [0.717, 1.165) is 22.7 Å². The summed E-state index contributed by atoms with van der Waals surface area (Å²) in [5.41, 5.74) is 0.724. The molecule has 0 aliphatic carbocycles. The third-order valence-corrected chi connectivity index (χ3v) is 6.96. The SMILES string of the molecule is CC[C@H](C)NC(=O)[C@H](C)N(Cc1cccc(OC)c1)C(=O)CN(c1ccc(F)c(Cl)c1)S(C)(=O)=O. The number of benzene rings is 2. The number of hydrogen-bond acceptors (Lipinski definition) is 5. The van der Waals surface area contributed by atoms with Crippen molar-refractivity contribution in [3.8, 4) is 5.75 Å². The zero-order valence-corrected chi connectivity index (χ0v) is 22.0. The second kappa shape index (κ2) is 12.2. The molecule has 1 N–H and O–H groups in total. The maximum absolute atomic E-state index is 13.7. The van der Waals surface area contributed by atoms with Crippen LogP contribution < -0.4 is 14.4 Å². The summed E-state index contributed by atoms with van der Waals surface area (Å²) < 4.78 is 44.8. The molecule has 2 amide bonds. The molecule has 0 aromatic heterocycles. The fraction of sp³-hybridized carbons (Fsp3) is 0.417. The number of methoxy groups -OCH3 is 1. The highest BCUT2D eigenvalue weighted by atomic mass is 35.5. The summed E-state index contributed by atoms with van der Waals surface area (Å²) in [4.78, 5) is 27.7. The summed E-state index contributed by atoms with van der Waals surface area (Å²) >= 11 is 5.84. The summed E-state index contributed by atoms with van der Waals surface area (Å²) in [6.45, 7) is 4.78. The molecule has 0 saturated carbocycles. The first-order valence-corrected chi connectivity index (χ1v) is 13.3. The fourth-order valence-electron chi connectivity index (χ4n) is 3.27. The molecular weight excluding hydrogens is 497 g/mol. The Morgan fingerprint density at radius 3 is 2.43 bits per heavy atom. The zero-order chi connectivity index (χ0) is 26.3. The summed E-state index contributed by atoms with van der Waals surface area (Å²) in [5.74, 6) is -1.13. The second-order valence-corrected chi connectivity index (χ2v) is 10.5. The molecule has 0 heterocycles. The topological polar surface area (TPSA) is 96.0 Å². The molecule has 2 rings (SSSR count). The van der Waals surface area contributed by atoms with E-state index in [4.69, 9.17) is 16.3 Å². The van der Waals surface area contributed by atoms with Crippen molar-refractivity contribution in [3.05, 3.63) is 58.9 Å². The minimum Gasteiger partial charge on any atom is -0.497 e. The fourth-order valence-corrected chi connectivity index (χ4v) is 4.29. The highest BCUT2D eigenvalue weighted by Crippen LogP contribution is 2.25. The highest BCUT2D eigenvalue weighted by molar-refractivity contribution is 7.92. The number of amides is 2. The van der Waals surface area contributed by atoms with E-state index in [1.165, 1.54) is 18.1 Å². The van der Waals surface area contributed by atoms with Crippen LogP contribution in [-0.2, 0) is 26.2 Å². The van der Waals surface area contributed by atoms with Gasteiger partial charge in [-0.15, -0.1) is 0 Å². The molecular formula is C24H31ClFN3O5S. The van der Waals surface area contributed by atoms with Gasteiger partial charge < -0.3 is 15.0 Å². The van der Waals surface area contributed by atoms with Crippen LogP contribution in [0.3, 0.4) is 0 Å². The van der Waals surface area contributed by atoms with Crippen molar-refractivity contribution in [2.24, 2.45) is 0 Å². The molecule has 0 radical (unpaired) electrons. The van der Waals surface area contributed by atoms with Crippen molar-refractivity contribution in [1.82, 2.24) is 10.2 Å². The summed E-state index contributed by atoms with van der Waals surface area (Å²) in [5, 5.41) is 2.57. The number of carbonyl (C=O) groups is 2. The second-order valence-electron chi connectivity index (χ2n) is 8.24. The lowest BCUT2D eigenvalue weighted by Crippen LogP contribution is -2.52. The van der Waals surface area contributed by atoms with Crippen LogP contribution >= 0.6 is 11.6 Å². The highest BCUT2D eigenvalue weighted by Gasteiger charge is 2.30. The van der Waals surface area contributed by atoms with Gasteiger partial charge in [0.2, 0.25) is 21.8 Å². The van der Waals surface area contributed by atoms with Gasteiger partial charge in [-0.25, -0.2) is 12.8 Å². The van der Waals surface area contributed by atoms with Crippen molar-refractivity contribution in [3.63, 3.8) is 0 Å². The third kappa shape index (κ3) is 7.83. The van der Waals surface area contributed by atoms with Crippen LogP contribution in [0.15, 0.2) is 42.5 Å². The van der Waals surface area contributed by atoms with Crippen molar-refractivity contribution < 1.29 is 27.1 Å². The van der Waals surface area contributed by atoms with E-state index in [0.29, 0.717) is 17.7 Å². The molecule has 2 aromatic carbocycles. The molecule has 0 fully saturated rings. The number of sulfonamides is 1. The van der Waals surface area contributed by atoms with Gasteiger partial charge in [-0.2, -0.15) is 0 Å². The Balaban J connectivity index is 2.42. The minimum atomic E-state index is -3.94. The van der Waals surface area contributed by atoms with Gasteiger partial charge in [-0.1, -0.05) is 30.7 Å². The van der Waals surface area contributed by atoms with E-state index in [1.54, 1.807) is 31.2 Å². The molecule has 2 atom stereocenters. The molecule has 11 heteroatoms. The molecule has 0 bridgehead atoms. The Hall–Kier alpha value is -2.85. The lowest BCUT2D eigenvalue weighted by Gasteiger charge is -2.32. The van der Waals surface area contributed by atoms with Crippen LogP contribution in [-0.4, -0.2) is 57.1 Å². The molecule has 2 aromatic rings. The van der Waals surface area contributed by atoms with Crippen molar-refractivity contribution in [2.45, 2.75) is 45.8 Å². The maximum atomic E-state index is 13.7. The number of carbonyl (C=O) groups excluding carboxylic acids is 2. The van der Waals surface area contributed by atoms with Crippen molar-refractivity contribution in [2.75, 3.05) is 24.2 Å². The molecule has 0 aliphatic rings. The van der Waals surface area contributed by atoms with E-state index in [9.17, 15) is 22.4 Å². The zero-order valence-electron chi connectivity index (χ0n) is 20.4. The van der Waals surface area contributed by atoms with Gasteiger partial charge in [0.05, 0.1) is 24.1 Å². The van der Waals surface area contributed by atoms with E-state index in [1.807, 2.05) is 13.8 Å². The number of anilines is 1. The minimum absolute atomic E-state index is 0.0327. The third-order valence-electron chi connectivity index (χ3n) is 5.53. The average Bonchev–Trinajstić information content (AvgIpc) is 2.81. The molecule has 8 nitrogen and oxygen atoms in total.